The summed E-state index contributed by atoms with van der Waals surface area (Å²) in [5.74, 6) is -0.633. The minimum absolute atomic E-state index is 0.0723. The number of hydrogen-bond donors (Lipinski definition) is 2. The van der Waals surface area contributed by atoms with Crippen LogP contribution in [0.5, 0.6) is 0 Å². The number of rotatable bonds is 5. The van der Waals surface area contributed by atoms with Crippen LogP contribution in [0.4, 0.5) is 0 Å². The first-order valence-corrected chi connectivity index (χ1v) is 7.45. The van der Waals surface area contributed by atoms with Gasteiger partial charge in [-0.3, -0.25) is 9.59 Å². The number of carbonyl (C=O) groups excluding carboxylic acids is 2. The molecule has 0 aliphatic carbocycles. The van der Waals surface area contributed by atoms with Crippen molar-refractivity contribution in [2.45, 2.75) is 31.7 Å². The molecule has 2 atom stereocenters. The minimum Gasteiger partial charge on any atom is -0.369 e. The Balaban J connectivity index is 1.85. The predicted molar refractivity (Wildman–Crippen MR) is 81.2 cm³/mol. The van der Waals surface area contributed by atoms with Crippen LogP contribution in [0.2, 0.25) is 0 Å². The molecule has 2 rings (SSSR count). The molecule has 0 bridgehead atoms. The zero-order valence-corrected chi connectivity index (χ0v) is 12.2. The smallest absolute Gasteiger partial charge is 0.239 e. The highest BCUT2D eigenvalue weighted by atomic mass is 16.2. The Kier molecular flexibility index (Phi) is 5.33. The normalized spacial score (nSPS) is 20.0. The van der Waals surface area contributed by atoms with Crippen molar-refractivity contribution in [1.29, 1.82) is 0 Å². The number of benzene rings is 1. The van der Waals surface area contributed by atoms with Crippen molar-refractivity contribution in [1.82, 2.24) is 4.90 Å². The molecule has 0 spiro atoms. The van der Waals surface area contributed by atoms with Crippen LogP contribution in [0.3, 0.4) is 0 Å². The minimum atomic E-state index is -0.517. The zero-order chi connectivity index (χ0) is 15.2. The third kappa shape index (κ3) is 4.29. The Morgan fingerprint density at radius 3 is 2.67 bits per heavy atom. The van der Waals surface area contributed by atoms with Crippen molar-refractivity contribution in [2.24, 2.45) is 17.4 Å². The number of nitrogens with two attached hydrogens (primary N) is 2. The Labute approximate surface area is 125 Å². The van der Waals surface area contributed by atoms with E-state index in [2.05, 4.69) is 0 Å². The van der Waals surface area contributed by atoms with Crippen molar-refractivity contribution in [3.8, 4) is 0 Å². The average Bonchev–Trinajstić information content (AvgIpc) is 2.53. The van der Waals surface area contributed by atoms with E-state index in [0.29, 0.717) is 19.5 Å². The maximum atomic E-state index is 12.3. The highest BCUT2D eigenvalue weighted by Gasteiger charge is 2.29. The Morgan fingerprint density at radius 2 is 2.00 bits per heavy atom. The number of primary amides is 1. The van der Waals surface area contributed by atoms with Crippen LogP contribution in [0.15, 0.2) is 30.3 Å². The molecule has 1 aliphatic heterocycles. The lowest BCUT2D eigenvalue weighted by atomic mass is 9.96. The fraction of sp³-hybridized carbons (Fsp3) is 0.500. The van der Waals surface area contributed by atoms with Crippen LogP contribution in [-0.4, -0.2) is 35.8 Å². The van der Waals surface area contributed by atoms with Crippen LogP contribution < -0.4 is 11.5 Å². The molecule has 1 aromatic rings. The van der Waals surface area contributed by atoms with E-state index in [1.54, 1.807) is 4.90 Å². The Morgan fingerprint density at radius 1 is 1.29 bits per heavy atom. The van der Waals surface area contributed by atoms with E-state index in [4.69, 9.17) is 11.5 Å². The quantitative estimate of drug-likeness (QED) is 0.835. The standard InChI is InChI=1S/C16H23N3O2/c17-14(9-8-12-5-2-1-3-6-12)16(21)19-10-4-7-13(11-19)15(18)20/h1-3,5-6,13-14H,4,7-11,17H2,(H2,18,20). The average molecular weight is 289 g/mol. The molecule has 114 valence electrons. The van der Waals surface area contributed by atoms with Gasteiger partial charge in [-0.15, -0.1) is 0 Å². The van der Waals surface area contributed by atoms with Crippen LogP contribution in [-0.2, 0) is 16.0 Å². The summed E-state index contributed by atoms with van der Waals surface area (Å²) in [5.41, 5.74) is 12.5. The summed E-state index contributed by atoms with van der Waals surface area (Å²) in [7, 11) is 0. The molecule has 0 aromatic heterocycles. The molecule has 2 amide bonds. The molecule has 5 heteroatoms. The molecule has 2 unspecified atom stereocenters. The second-order valence-corrected chi connectivity index (χ2v) is 5.66. The number of carbonyl (C=O) groups is 2. The van der Waals surface area contributed by atoms with Crippen molar-refractivity contribution < 1.29 is 9.59 Å². The Hall–Kier alpha value is -1.88. The van der Waals surface area contributed by atoms with Crippen molar-refractivity contribution in [3.05, 3.63) is 35.9 Å². The summed E-state index contributed by atoms with van der Waals surface area (Å²) in [6.45, 7) is 1.08. The van der Waals surface area contributed by atoms with Gasteiger partial charge in [-0.2, -0.15) is 0 Å². The van der Waals surface area contributed by atoms with Gasteiger partial charge >= 0.3 is 0 Å². The molecule has 21 heavy (non-hydrogen) atoms. The fourth-order valence-electron chi connectivity index (χ4n) is 2.73. The number of aryl methyl sites for hydroxylation is 1. The molecule has 1 heterocycles. The second kappa shape index (κ2) is 7.22. The van der Waals surface area contributed by atoms with Crippen LogP contribution in [0, 0.1) is 5.92 Å². The lowest BCUT2D eigenvalue weighted by molar-refractivity contribution is -0.136. The molecule has 1 fully saturated rings. The molecule has 1 aromatic carbocycles. The number of hydrogen-bond acceptors (Lipinski definition) is 3. The van der Waals surface area contributed by atoms with Gasteiger partial charge in [0.15, 0.2) is 0 Å². The SMILES string of the molecule is NC(=O)C1CCCN(C(=O)C(N)CCc2ccccc2)C1. The Bertz CT molecular complexity index is 490. The maximum absolute atomic E-state index is 12.3. The first kappa shape index (κ1) is 15.5. The van der Waals surface area contributed by atoms with Crippen molar-refractivity contribution in [3.63, 3.8) is 0 Å². The largest absolute Gasteiger partial charge is 0.369 e. The van der Waals surface area contributed by atoms with Crippen LogP contribution in [0.25, 0.3) is 0 Å². The first-order chi connectivity index (χ1) is 10.1. The van der Waals surface area contributed by atoms with E-state index >= 15 is 0 Å². The molecule has 5 nitrogen and oxygen atoms in total. The van der Waals surface area contributed by atoms with E-state index in [1.807, 2.05) is 30.3 Å². The molecule has 0 saturated carbocycles. The monoisotopic (exact) mass is 289 g/mol. The summed E-state index contributed by atoms with van der Waals surface area (Å²) >= 11 is 0. The maximum Gasteiger partial charge on any atom is 0.239 e. The molecular weight excluding hydrogens is 266 g/mol. The van der Waals surface area contributed by atoms with Crippen LogP contribution >= 0.6 is 0 Å². The van der Waals surface area contributed by atoms with Gasteiger partial charge in [0.25, 0.3) is 0 Å². The van der Waals surface area contributed by atoms with Crippen LogP contribution in [0.1, 0.15) is 24.8 Å². The topological polar surface area (TPSA) is 89.4 Å². The third-order valence-corrected chi connectivity index (χ3v) is 4.04. The lowest BCUT2D eigenvalue weighted by Gasteiger charge is -2.33. The van der Waals surface area contributed by atoms with Gasteiger partial charge in [0, 0.05) is 13.1 Å². The molecule has 4 N–H and O–H groups in total. The summed E-state index contributed by atoms with van der Waals surface area (Å²) in [6.07, 6.45) is 2.96. The number of likely N-dealkylation sites (tertiary alicyclic amines) is 1. The van der Waals surface area contributed by atoms with Gasteiger partial charge in [-0.05, 0) is 31.2 Å². The van der Waals surface area contributed by atoms with Gasteiger partial charge < -0.3 is 16.4 Å². The van der Waals surface area contributed by atoms with Crippen molar-refractivity contribution >= 4 is 11.8 Å². The van der Waals surface area contributed by atoms with Gasteiger partial charge in [0.1, 0.15) is 0 Å². The summed E-state index contributed by atoms with van der Waals surface area (Å²) in [5, 5.41) is 0. The van der Waals surface area contributed by atoms with Gasteiger partial charge in [0.2, 0.25) is 11.8 Å². The molecular formula is C16H23N3O2. The third-order valence-electron chi connectivity index (χ3n) is 4.04. The molecule has 0 radical (unpaired) electrons. The van der Waals surface area contributed by atoms with E-state index < -0.39 is 6.04 Å². The molecule has 1 aliphatic rings. The summed E-state index contributed by atoms with van der Waals surface area (Å²) in [6, 6.07) is 9.46. The van der Waals surface area contributed by atoms with E-state index in [0.717, 1.165) is 19.3 Å². The fourth-order valence-corrected chi connectivity index (χ4v) is 2.73. The van der Waals surface area contributed by atoms with E-state index in [1.165, 1.54) is 5.56 Å². The van der Waals surface area contributed by atoms with E-state index in [-0.39, 0.29) is 17.7 Å². The number of amides is 2. The van der Waals surface area contributed by atoms with Gasteiger partial charge in [-0.25, -0.2) is 0 Å². The second-order valence-electron chi connectivity index (χ2n) is 5.66. The highest BCUT2D eigenvalue weighted by Crippen LogP contribution is 2.17. The van der Waals surface area contributed by atoms with Gasteiger partial charge in [0.05, 0.1) is 12.0 Å². The summed E-state index contributed by atoms with van der Waals surface area (Å²) < 4.78 is 0. The van der Waals surface area contributed by atoms with Gasteiger partial charge in [-0.1, -0.05) is 30.3 Å². The van der Waals surface area contributed by atoms with Crippen molar-refractivity contribution in [2.75, 3.05) is 13.1 Å². The molecule has 1 saturated heterocycles. The number of piperidine rings is 1. The summed E-state index contributed by atoms with van der Waals surface area (Å²) in [4.78, 5) is 25.3. The number of nitrogens with zero attached hydrogens (tertiary/aromatic N) is 1. The first-order valence-electron chi connectivity index (χ1n) is 7.45. The van der Waals surface area contributed by atoms with E-state index in [9.17, 15) is 9.59 Å². The lowest BCUT2D eigenvalue weighted by Crippen LogP contribution is -2.50. The zero-order valence-electron chi connectivity index (χ0n) is 12.2. The highest BCUT2D eigenvalue weighted by molar-refractivity contribution is 5.83. The predicted octanol–water partition coefficient (Wildman–Crippen LogP) is 0.670.